The minimum Gasteiger partial charge on any atom is -0.293 e. The predicted molar refractivity (Wildman–Crippen MR) is 137 cm³/mol. The summed E-state index contributed by atoms with van der Waals surface area (Å²) in [6.45, 7) is 2.87. The number of hydrogen-bond donors (Lipinski definition) is 0. The molecule has 5 rings (SSSR count). The van der Waals surface area contributed by atoms with Crippen LogP contribution in [0.5, 0.6) is 0 Å². The van der Waals surface area contributed by atoms with Crippen molar-refractivity contribution in [1.29, 1.82) is 0 Å². The summed E-state index contributed by atoms with van der Waals surface area (Å²) in [4.78, 5) is 20.8. The summed E-state index contributed by atoms with van der Waals surface area (Å²) in [5.41, 5.74) is 2.30. The van der Waals surface area contributed by atoms with Gasteiger partial charge in [0, 0.05) is 37.2 Å². The zero-order valence-corrected chi connectivity index (χ0v) is 20.9. The molecule has 4 aromatic rings. The molecular weight excluding hydrogens is 494 g/mol. The van der Waals surface area contributed by atoms with Crippen LogP contribution in [0, 0.1) is 5.82 Å². The van der Waals surface area contributed by atoms with Crippen molar-refractivity contribution in [2.45, 2.75) is 45.1 Å². The molecule has 0 saturated heterocycles. The molecule has 0 amide bonds. The molecule has 0 fully saturated rings. The van der Waals surface area contributed by atoms with Crippen molar-refractivity contribution in [2.75, 3.05) is 6.54 Å². The van der Waals surface area contributed by atoms with Crippen molar-refractivity contribution in [3.8, 4) is 0 Å². The van der Waals surface area contributed by atoms with Gasteiger partial charge in [0.15, 0.2) is 0 Å². The van der Waals surface area contributed by atoms with Crippen LogP contribution in [0.25, 0.3) is 0 Å². The first-order chi connectivity index (χ1) is 18.3. The van der Waals surface area contributed by atoms with E-state index in [1.165, 1.54) is 6.07 Å². The highest BCUT2D eigenvalue weighted by Gasteiger charge is 2.32. The van der Waals surface area contributed by atoms with Gasteiger partial charge >= 0.3 is 6.18 Å². The van der Waals surface area contributed by atoms with Crippen LogP contribution in [0.15, 0.2) is 83.7 Å². The highest BCUT2D eigenvalue weighted by atomic mass is 19.4. The molecule has 1 aromatic heterocycles. The molecule has 0 atom stereocenters. The maximum Gasteiger partial charge on any atom is 0.416 e. The average Bonchev–Trinajstić information content (AvgIpc) is 2.91. The highest BCUT2D eigenvalue weighted by Crippen LogP contribution is 2.31. The number of nitrogens with zero attached hydrogens (tertiary/aromatic N) is 3. The lowest BCUT2D eigenvalue weighted by Gasteiger charge is -2.31. The Morgan fingerprint density at radius 2 is 1.58 bits per heavy atom. The lowest BCUT2D eigenvalue weighted by atomic mass is 9.97. The van der Waals surface area contributed by atoms with E-state index in [1.54, 1.807) is 4.57 Å². The largest absolute Gasteiger partial charge is 0.416 e. The zero-order valence-electron chi connectivity index (χ0n) is 20.9. The Morgan fingerprint density at radius 3 is 2.13 bits per heavy atom. The fourth-order valence-electron chi connectivity index (χ4n) is 5.11. The Bertz CT molecular complexity index is 1440. The molecule has 0 N–H and O–H groups in total. The molecule has 3 aromatic carbocycles. The molecule has 38 heavy (non-hydrogen) atoms. The number of benzene rings is 3. The summed E-state index contributed by atoms with van der Waals surface area (Å²) in [6.07, 6.45) is -3.64. The topological polar surface area (TPSA) is 38.1 Å². The van der Waals surface area contributed by atoms with Crippen LogP contribution in [0.3, 0.4) is 0 Å². The molecule has 196 valence electrons. The van der Waals surface area contributed by atoms with E-state index in [4.69, 9.17) is 4.98 Å². The van der Waals surface area contributed by atoms with Gasteiger partial charge in [0.2, 0.25) is 0 Å². The summed E-state index contributed by atoms with van der Waals surface area (Å²) in [7, 11) is 0. The molecule has 1 aliphatic rings. The van der Waals surface area contributed by atoms with Crippen LogP contribution in [-0.2, 0) is 32.1 Å². The third-order valence-corrected chi connectivity index (χ3v) is 7.00. The van der Waals surface area contributed by atoms with Gasteiger partial charge in [-0.05, 0) is 29.7 Å². The van der Waals surface area contributed by atoms with E-state index in [1.807, 2.05) is 72.5 Å². The normalized spacial score (nSPS) is 14.1. The Morgan fingerprint density at radius 1 is 0.947 bits per heavy atom. The third kappa shape index (κ3) is 5.13. The van der Waals surface area contributed by atoms with Gasteiger partial charge in [-0.3, -0.25) is 14.3 Å². The van der Waals surface area contributed by atoms with Crippen molar-refractivity contribution in [2.24, 2.45) is 0 Å². The number of aromatic nitrogens is 2. The van der Waals surface area contributed by atoms with Crippen molar-refractivity contribution in [3.05, 3.63) is 134 Å². The summed E-state index contributed by atoms with van der Waals surface area (Å²) < 4.78 is 55.0. The lowest BCUT2D eigenvalue weighted by molar-refractivity contribution is -0.137. The van der Waals surface area contributed by atoms with Gasteiger partial charge in [-0.25, -0.2) is 9.37 Å². The monoisotopic (exact) mass is 521 g/mol. The van der Waals surface area contributed by atoms with E-state index in [9.17, 15) is 22.4 Å². The van der Waals surface area contributed by atoms with Gasteiger partial charge in [0.05, 0.1) is 17.3 Å². The lowest BCUT2D eigenvalue weighted by Crippen LogP contribution is -2.40. The molecular formula is C30H27F4N3O. The fraction of sp³-hybridized carbons (Fsp3) is 0.267. The highest BCUT2D eigenvalue weighted by molar-refractivity contribution is 5.35. The quantitative estimate of drug-likeness (QED) is 0.285. The summed E-state index contributed by atoms with van der Waals surface area (Å²) in [5.74, 6) is -0.245. The zero-order chi connectivity index (χ0) is 26.9. The number of aryl methyl sites for hydroxylation is 1. The van der Waals surface area contributed by atoms with E-state index in [0.29, 0.717) is 49.1 Å². The standard InChI is InChI=1S/C30H27F4N3O/c1-2-27-35-26-19-36(18-22-13-14-23(17-25(22)31)30(32,33)34)16-15-24(26)29(38)37(27)28(20-9-5-3-6-10-20)21-11-7-4-8-12-21/h3-14,17,28H,2,15-16,18-19H2,1H3. The summed E-state index contributed by atoms with van der Waals surface area (Å²) in [5, 5.41) is 0. The fourth-order valence-corrected chi connectivity index (χ4v) is 5.11. The summed E-state index contributed by atoms with van der Waals surface area (Å²) in [6, 6.07) is 22.0. The van der Waals surface area contributed by atoms with Crippen LogP contribution in [0.2, 0.25) is 0 Å². The Labute approximate surface area is 218 Å². The second kappa shape index (κ2) is 10.5. The van der Waals surface area contributed by atoms with Gasteiger partial charge in [-0.15, -0.1) is 0 Å². The SMILES string of the molecule is CCc1nc2c(c(=O)n1C(c1ccccc1)c1ccccc1)CCN(Cc1ccc(C(F)(F)F)cc1F)C2. The number of fused-ring (bicyclic) bond motifs is 1. The van der Waals surface area contributed by atoms with Crippen LogP contribution < -0.4 is 5.56 Å². The molecule has 1 aliphatic heterocycles. The van der Waals surface area contributed by atoms with E-state index in [0.717, 1.165) is 17.2 Å². The predicted octanol–water partition coefficient (Wildman–Crippen LogP) is 6.16. The van der Waals surface area contributed by atoms with Crippen molar-refractivity contribution in [1.82, 2.24) is 14.5 Å². The van der Waals surface area contributed by atoms with Gasteiger partial charge in [0.1, 0.15) is 11.6 Å². The smallest absolute Gasteiger partial charge is 0.293 e. The third-order valence-electron chi connectivity index (χ3n) is 7.00. The van der Waals surface area contributed by atoms with E-state index < -0.39 is 17.6 Å². The maximum atomic E-state index is 14.5. The second-order valence-corrected chi connectivity index (χ2v) is 9.47. The number of alkyl halides is 3. The van der Waals surface area contributed by atoms with Crippen molar-refractivity contribution in [3.63, 3.8) is 0 Å². The van der Waals surface area contributed by atoms with Gasteiger partial charge in [0.25, 0.3) is 5.56 Å². The van der Waals surface area contributed by atoms with Crippen LogP contribution in [0.4, 0.5) is 17.6 Å². The Kier molecular flexibility index (Phi) is 7.17. The molecule has 4 nitrogen and oxygen atoms in total. The maximum absolute atomic E-state index is 14.5. The van der Waals surface area contributed by atoms with Crippen molar-refractivity contribution >= 4 is 0 Å². The van der Waals surface area contributed by atoms with Gasteiger partial charge in [-0.1, -0.05) is 73.7 Å². The number of rotatable bonds is 6. The van der Waals surface area contributed by atoms with Gasteiger partial charge < -0.3 is 0 Å². The Balaban J connectivity index is 1.49. The molecule has 8 heteroatoms. The minimum atomic E-state index is -4.60. The number of halogens is 4. The van der Waals surface area contributed by atoms with E-state index in [-0.39, 0.29) is 23.7 Å². The molecule has 2 heterocycles. The average molecular weight is 522 g/mol. The van der Waals surface area contributed by atoms with Crippen LogP contribution in [0.1, 0.15) is 52.3 Å². The first kappa shape index (κ1) is 25.9. The Hall–Kier alpha value is -3.78. The molecule has 0 bridgehead atoms. The molecule has 0 saturated carbocycles. The molecule has 0 unspecified atom stereocenters. The molecule has 0 radical (unpaired) electrons. The van der Waals surface area contributed by atoms with Gasteiger partial charge in [-0.2, -0.15) is 13.2 Å². The van der Waals surface area contributed by atoms with Crippen LogP contribution >= 0.6 is 0 Å². The van der Waals surface area contributed by atoms with E-state index >= 15 is 0 Å². The second-order valence-electron chi connectivity index (χ2n) is 9.47. The first-order valence-electron chi connectivity index (χ1n) is 12.6. The number of hydrogen-bond acceptors (Lipinski definition) is 3. The molecule has 0 spiro atoms. The van der Waals surface area contributed by atoms with E-state index in [2.05, 4.69) is 0 Å². The summed E-state index contributed by atoms with van der Waals surface area (Å²) >= 11 is 0. The van der Waals surface area contributed by atoms with Crippen molar-refractivity contribution < 1.29 is 17.6 Å². The molecule has 0 aliphatic carbocycles. The first-order valence-corrected chi connectivity index (χ1v) is 12.6. The van der Waals surface area contributed by atoms with Crippen LogP contribution in [-0.4, -0.2) is 21.0 Å². The minimum absolute atomic E-state index is 0.0927.